The van der Waals surface area contributed by atoms with E-state index in [0.29, 0.717) is 29.2 Å². The maximum Gasteiger partial charge on any atom is 0.246 e. The Bertz CT molecular complexity index is 911. The highest BCUT2D eigenvalue weighted by molar-refractivity contribution is 14.0. The third-order valence-corrected chi connectivity index (χ3v) is 5.54. The van der Waals surface area contributed by atoms with Crippen molar-refractivity contribution in [1.29, 1.82) is 0 Å². The quantitative estimate of drug-likeness (QED) is 0.274. The second-order valence-corrected chi connectivity index (χ2v) is 8.05. The highest BCUT2D eigenvalue weighted by atomic mass is 127. The van der Waals surface area contributed by atoms with Gasteiger partial charge in [0.15, 0.2) is 5.96 Å². The monoisotopic (exact) mass is 531 g/mol. The van der Waals surface area contributed by atoms with Gasteiger partial charge in [-0.05, 0) is 23.6 Å². The number of guanidine groups is 1. The van der Waals surface area contributed by atoms with E-state index in [1.807, 2.05) is 12.1 Å². The first-order valence-corrected chi connectivity index (χ1v) is 9.81. The minimum Gasteiger partial charge on any atom is -0.356 e. The van der Waals surface area contributed by atoms with Crippen LogP contribution in [0.5, 0.6) is 0 Å². The molecule has 0 amide bonds. The Hall–Kier alpha value is -1.65. The molecular weight excluding hydrogens is 509 g/mol. The number of rotatable bonds is 6. The third kappa shape index (κ3) is 5.92. The van der Waals surface area contributed by atoms with E-state index in [-0.39, 0.29) is 29.4 Å². The number of hydrogen-bond donors (Lipinski definition) is 2. The zero-order chi connectivity index (χ0) is 19.3. The Morgan fingerprint density at radius 2 is 2.07 bits per heavy atom. The fraction of sp³-hybridized carbons (Fsp3) is 0.316. The van der Waals surface area contributed by atoms with Gasteiger partial charge in [-0.2, -0.15) is 4.98 Å². The van der Waals surface area contributed by atoms with Gasteiger partial charge >= 0.3 is 0 Å². The second-order valence-electron chi connectivity index (χ2n) is 6.66. The molecule has 28 heavy (non-hydrogen) atoms. The fourth-order valence-corrected chi connectivity index (χ4v) is 3.55. The van der Waals surface area contributed by atoms with E-state index in [1.54, 1.807) is 30.5 Å². The first-order valence-electron chi connectivity index (χ1n) is 8.55. The van der Waals surface area contributed by atoms with Crippen LogP contribution in [0.4, 0.5) is 0 Å². The summed E-state index contributed by atoms with van der Waals surface area (Å²) in [4.78, 5) is 9.98. The maximum absolute atomic E-state index is 6.01. The molecule has 0 saturated carbocycles. The average molecular weight is 532 g/mol. The van der Waals surface area contributed by atoms with Gasteiger partial charge in [0.2, 0.25) is 11.7 Å². The molecule has 0 aliphatic carbocycles. The molecule has 0 spiro atoms. The molecule has 0 fully saturated rings. The van der Waals surface area contributed by atoms with Crippen LogP contribution in [-0.2, 0) is 12.0 Å². The highest BCUT2D eigenvalue weighted by Gasteiger charge is 2.22. The zero-order valence-electron chi connectivity index (χ0n) is 15.9. The summed E-state index contributed by atoms with van der Waals surface area (Å²) < 4.78 is 5.31. The van der Waals surface area contributed by atoms with Crippen molar-refractivity contribution in [3.05, 3.63) is 57.6 Å². The van der Waals surface area contributed by atoms with Crippen LogP contribution in [0.1, 0.15) is 24.6 Å². The Labute approximate surface area is 190 Å². The summed E-state index contributed by atoms with van der Waals surface area (Å²) in [5.41, 5.74) is 0.827. The molecule has 2 N–H and O–H groups in total. The number of thiophene rings is 1. The normalized spacial score (nSPS) is 11.8. The lowest BCUT2D eigenvalue weighted by atomic mass is 9.91. The molecule has 6 nitrogen and oxygen atoms in total. The molecule has 9 heteroatoms. The first-order chi connectivity index (χ1) is 13.0. The van der Waals surface area contributed by atoms with Crippen LogP contribution in [0, 0.1) is 0 Å². The molecule has 0 atom stereocenters. The van der Waals surface area contributed by atoms with E-state index in [9.17, 15) is 0 Å². The van der Waals surface area contributed by atoms with Gasteiger partial charge in [-0.25, -0.2) is 0 Å². The summed E-state index contributed by atoms with van der Waals surface area (Å²) in [6.45, 7) is 5.54. The van der Waals surface area contributed by atoms with Gasteiger partial charge < -0.3 is 15.2 Å². The van der Waals surface area contributed by atoms with Crippen LogP contribution in [0.2, 0.25) is 5.02 Å². The Balaban J connectivity index is 0.00000280. The maximum atomic E-state index is 6.01. The molecule has 0 radical (unpaired) electrons. The second kappa shape index (κ2) is 10.2. The minimum absolute atomic E-state index is 0. The molecule has 0 bridgehead atoms. The number of aliphatic imine (C=N–C) groups is 1. The van der Waals surface area contributed by atoms with E-state index >= 15 is 0 Å². The molecule has 0 aliphatic rings. The molecular formula is C19H23ClIN5OS. The summed E-state index contributed by atoms with van der Waals surface area (Å²) in [6, 6.07) is 11.6. The summed E-state index contributed by atoms with van der Waals surface area (Å²) >= 11 is 7.77. The van der Waals surface area contributed by atoms with Gasteiger partial charge in [0, 0.05) is 34.5 Å². The SMILES string of the molecule is CN=C(NCc1nc(-c2cccc(Cl)c2)no1)NCC(C)(C)c1cccs1.I. The largest absolute Gasteiger partial charge is 0.356 e. The first kappa shape index (κ1) is 22.6. The van der Waals surface area contributed by atoms with E-state index in [0.717, 1.165) is 12.1 Å². The van der Waals surface area contributed by atoms with E-state index < -0.39 is 0 Å². The molecule has 0 aliphatic heterocycles. The predicted octanol–water partition coefficient (Wildman–Crippen LogP) is 4.71. The van der Waals surface area contributed by atoms with E-state index in [1.165, 1.54) is 4.88 Å². The van der Waals surface area contributed by atoms with Crippen molar-refractivity contribution in [3.63, 3.8) is 0 Å². The number of benzene rings is 1. The van der Waals surface area contributed by atoms with Gasteiger partial charge in [0.1, 0.15) is 0 Å². The van der Waals surface area contributed by atoms with Gasteiger partial charge in [0.05, 0.1) is 6.54 Å². The van der Waals surface area contributed by atoms with Crippen LogP contribution in [0.3, 0.4) is 0 Å². The Kier molecular flexibility index (Phi) is 8.26. The van der Waals surface area contributed by atoms with Crippen molar-refractivity contribution in [2.45, 2.75) is 25.8 Å². The molecule has 3 rings (SSSR count). The van der Waals surface area contributed by atoms with Crippen LogP contribution in [0.15, 0.2) is 51.3 Å². The van der Waals surface area contributed by atoms with Crippen LogP contribution < -0.4 is 10.6 Å². The number of nitrogens with zero attached hydrogens (tertiary/aromatic N) is 3. The Morgan fingerprint density at radius 3 is 2.75 bits per heavy atom. The van der Waals surface area contributed by atoms with Crippen LogP contribution in [-0.4, -0.2) is 29.7 Å². The van der Waals surface area contributed by atoms with Gasteiger partial charge in [0.25, 0.3) is 0 Å². The molecule has 1 aromatic carbocycles. The van der Waals surface area contributed by atoms with Crippen molar-refractivity contribution in [2.24, 2.45) is 4.99 Å². The average Bonchev–Trinajstić information content (AvgIpc) is 3.34. The van der Waals surface area contributed by atoms with E-state index in [4.69, 9.17) is 16.1 Å². The van der Waals surface area contributed by atoms with E-state index in [2.05, 4.69) is 57.1 Å². The smallest absolute Gasteiger partial charge is 0.246 e. The lowest BCUT2D eigenvalue weighted by Gasteiger charge is -2.24. The highest BCUT2D eigenvalue weighted by Crippen LogP contribution is 2.26. The van der Waals surface area contributed by atoms with Crippen LogP contribution in [0.25, 0.3) is 11.4 Å². The lowest BCUT2D eigenvalue weighted by Crippen LogP contribution is -2.43. The van der Waals surface area contributed by atoms with Crippen molar-refractivity contribution in [3.8, 4) is 11.4 Å². The van der Waals surface area contributed by atoms with Crippen molar-refractivity contribution in [2.75, 3.05) is 13.6 Å². The van der Waals surface area contributed by atoms with Crippen molar-refractivity contribution < 1.29 is 4.52 Å². The predicted molar refractivity (Wildman–Crippen MR) is 126 cm³/mol. The van der Waals surface area contributed by atoms with Gasteiger partial charge in [-0.3, -0.25) is 4.99 Å². The molecule has 2 heterocycles. The summed E-state index contributed by atoms with van der Waals surface area (Å²) in [5, 5.41) is 13.3. The number of hydrogen-bond acceptors (Lipinski definition) is 5. The topological polar surface area (TPSA) is 75.3 Å². The number of aromatic nitrogens is 2. The van der Waals surface area contributed by atoms with Crippen molar-refractivity contribution >= 4 is 52.9 Å². The Morgan fingerprint density at radius 1 is 1.25 bits per heavy atom. The number of halogens is 2. The minimum atomic E-state index is 0. The summed E-state index contributed by atoms with van der Waals surface area (Å²) in [6.07, 6.45) is 0. The van der Waals surface area contributed by atoms with Gasteiger partial charge in [-0.15, -0.1) is 35.3 Å². The summed E-state index contributed by atoms with van der Waals surface area (Å²) in [7, 11) is 1.73. The fourth-order valence-electron chi connectivity index (χ4n) is 2.51. The van der Waals surface area contributed by atoms with Gasteiger partial charge in [-0.1, -0.05) is 48.8 Å². The third-order valence-electron chi connectivity index (χ3n) is 4.07. The molecule has 3 aromatic rings. The molecule has 2 aromatic heterocycles. The standard InChI is InChI=1S/C19H22ClN5OS.HI/c1-19(2,15-8-5-9-27-15)12-23-18(21-3)22-11-16-24-17(25-26-16)13-6-4-7-14(20)10-13;/h4-10H,11-12H2,1-3H3,(H2,21,22,23);1H. The molecule has 150 valence electrons. The molecule has 0 saturated heterocycles. The summed E-state index contributed by atoms with van der Waals surface area (Å²) in [5.74, 6) is 1.67. The zero-order valence-corrected chi connectivity index (χ0v) is 19.8. The number of nitrogens with one attached hydrogen (secondary N) is 2. The molecule has 0 unspecified atom stereocenters. The lowest BCUT2D eigenvalue weighted by molar-refractivity contribution is 0.375. The van der Waals surface area contributed by atoms with Crippen molar-refractivity contribution in [1.82, 2.24) is 20.8 Å². The van der Waals surface area contributed by atoms with Crippen LogP contribution >= 0.6 is 46.9 Å².